The molecular formula is C10H11BrClFS. The minimum absolute atomic E-state index is 0.218. The number of alkyl halides is 1. The Bertz CT molecular complexity index is 306. The second-order valence-corrected chi connectivity index (χ2v) is 5.61. The van der Waals surface area contributed by atoms with Crippen molar-refractivity contribution in [3.8, 4) is 0 Å². The number of hydrogen-bond acceptors (Lipinski definition) is 1. The maximum absolute atomic E-state index is 12.9. The molecule has 0 spiro atoms. The number of halogens is 3. The molecule has 0 bridgehead atoms. The van der Waals surface area contributed by atoms with Crippen LogP contribution < -0.4 is 0 Å². The molecule has 0 saturated carbocycles. The van der Waals surface area contributed by atoms with Gasteiger partial charge in [0.15, 0.2) is 0 Å². The summed E-state index contributed by atoms with van der Waals surface area (Å²) < 4.78 is 13.4. The molecule has 0 aliphatic rings. The van der Waals surface area contributed by atoms with Crippen molar-refractivity contribution in [1.29, 1.82) is 0 Å². The summed E-state index contributed by atoms with van der Waals surface area (Å²) in [7, 11) is 0. The van der Waals surface area contributed by atoms with E-state index in [1.54, 1.807) is 17.8 Å². The molecular weight excluding hydrogens is 287 g/mol. The molecule has 1 aromatic carbocycles. The SMILES string of the molecule is CC(CCl)SCc1ccc(F)c(Br)c1. The van der Waals surface area contributed by atoms with Gasteiger partial charge in [-0.15, -0.1) is 11.6 Å². The fourth-order valence-corrected chi connectivity index (χ4v) is 2.35. The molecule has 78 valence electrons. The van der Waals surface area contributed by atoms with Gasteiger partial charge in [0, 0.05) is 16.9 Å². The van der Waals surface area contributed by atoms with E-state index < -0.39 is 0 Å². The summed E-state index contributed by atoms with van der Waals surface area (Å²) in [4.78, 5) is 0. The van der Waals surface area contributed by atoms with Gasteiger partial charge in [-0.05, 0) is 33.6 Å². The molecule has 0 N–H and O–H groups in total. The zero-order valence-corrected chi connectivity index (χ0v) is 10.9. The first-order valence-corrected chi connectivity index (χ1v) is 6.62. The quantitative estimate of drug-likeness (QED) is 0.740. The van der Waals surface area contributed by atoms with E-state index in [0.717, 1.165) is 11.3 Å². The first-order chi connectivity index (χ1) is 6.63. The van der Waals surface area contributed by atoms with Crippen molar-refractivity contribution in [2.75, 3.05) is 5.88 Å². The first-order valence-electron chi connectivity index (χ1n) is 4.25. The molecule has 1 aromatic rings. The Balaban J connectivity index is 2.55. The van der Waals surface area contributed by atoms with Crippen LogP contribution >= 0.6 is 39.3 Å². The lowest BCUT2D eigenvalue weighted by molar-refractivity contribution is 0.620. The Morgan fingerprint density at radius 1 is 1.57 bits per heavy atom. The minimum Gasteiger partial charge on any atom is -0.206 e. The molecule has 1 rings (SSSR count). The van der Waals surface area contributed by atoms with Gasteiger partial charge in [-0.3, -0.25) is 0 Å². The van der Waals surface area contributed by atoms with E-state index in [2.05, 4.69) is 22.9 Å². The molecule has 0 fully saturated rings. The molecule has 0 nitrogen and oxygen atoms in total. The molecule has 0 amide bonds. The highest BCUT2D eigenvalue weighted by atomic mass is 79.9. The highest BCUT2D eigenvalue weighted by Gasteiger charge is 2.03. The van der Waals surface area contributed by atoms with E-state index in [4.69, 9.17) is 11.6 Å². The average Bonchev–Trinajstić information content (AvgIpc) is 2.19. The predicted molar refractivity (Wildman–Crippen MR) is 65.6 cm³/mol. The molecule has 0 aliphatic heterocycles. The van der Waals surface area contributed by atoms with Crippen molar-refractivity contribution in [3.05, 3.63) is 34.1 Å². The van der Waals surface area contributed by atoms with E-state index in [-0.39, 0.29) is 5.82 Å². The van der Waals surface area contributed by atoms with Gasteiger partial charge in [-0.2, -0.15) is 11.8 Å². The Kier molecular flexibility index (Phi) is 5.28. The van der Waals surface area contributed by atoms with Crippen molar-refractivity contribution in [3.63, 3.8) is 0 Å². The normalized spacial score (nSPS) is 12.9. The molecule has 0 aliphatic carbocycles. The molecule has 0 heterocycles. The van der Waals surface area contributed by atoms with Crippen molar-refractivity contribution in [2.24, 2.45) is 0 Å². The molecule has 1 unspecified atom stereocenters. The number of hydrogen-bond donors (Lipinski definition) is 0. The molecule has 0 aromatic heterocycles. The van der Waals surface area contributed by atoms with Crippen LogP contribution in [-0.4, -0.2) is 11.1 Å². The summed E-state index contributed by atoms with van der Waals surface area (Å²) in [5.41, 5.74) is 1.11. The zero-order valence-electron chi connectivity index (χ0n) is 7.77. The second-order valence-electron chi connectivity index (χ2n) is 3.02. The zero-order chi connectivity index (χ0) is 10.6. The third kappa shape index (κ3) is 3.79. The number of benzene rings is 1. The van der Waals surface area contributed by atoms with Crippen molar-refractivity contribution >= 4 is 39.3 Å². The Morgan fingerprint density at radius 2 is 2.29 bits per heavy atom. The van der Waals surface area contributed by atoms with Crippen molar-refractivity contribution in [1.82, 2.24) is 0 Å². The van der Waals surface area contributed by atoms with Crippen LogP contribution in [0.1, 0.15) is 12.5 Å². The Hall–Kier alpha value is 0.270. The lowest BCUT2D eigenvalue weighted by atomic mass is 10.2. The van der Waals surface area contributed by atoms with Crippen LogP contribution in [0.3, 0.4) is 0 Å². The molecule has 0 radical (unpaired) electrons. The van der Waals surface area contributed by atoms with Gasteiger partial charge < -0.3 is 0 Å². The average molecular weight is 298 g/mol. The minimum atomic E-state index is -0.218. The summed E-state index contributed by atoms with van der Waals surface area (Å²) in [6, 6.07) is 5.09. The van der Waals surface area contributed by atoms with Gasteiger partial charge in [0.25, 0.3) is 0 Å². The van der Waals surface area contributed by atoms with Crippen molar-refractivity contribution in [2.45, 2.75) is 17.9 Å². The summed E-state index contributed by atoms with van der Waals surface area (Å²) in [5.74, 6) is 1.30. The molecule has 0 saturated heterocycles. The van der Waals surface area contributed by atoms with Gasteiger partial charge >= 0.3 is 0 Å². The van der Waals surface area contributed by atoms with Crippen molar-refractivity contribution < 1.29 is 4.39 Å². The smallest absolute Gasteiger partial charge is 0.137 e. The molecule has 14 heavy (non-hydrogen) atoms. The van der Waals surface area contributed by atoms with Gasteiger partial charge in [0.2, 0.25) is 0 Å². The topological polar surface area (TPSA) is 0 Å². The Morgan fingerprint density at radius 3 is 2.86 bits per heavy atom. The summed E-state index contributed by atoms with van der Waals surface area (Å²) in [6.45, 7) is 2.08. The van der Waals surface area contributed by atoms with Crippen LogP contribution in [0.4, 0.5) is 4.39 Å². The number of thioether (sulfide) groups is 1. The third-order valence-corrected chi connectivity index (χ3v) is 4.23. The third-order valence-electron chi connectivity index (χ3n) is 1.74. The predicted octanol–water partition coefficient (Wildman–Crippen LogP) is 4.45. The fourth-order valence-electron chi connectivity index (χ4n) is 0.912. The van der Waals surface area contributed by atoms with Crippen LogP contribution in [0.5, 0.6) is 0 Å². The maximum Gasteiger partial charge on any atom is 0.137 e. The largest absolute Gasteiger partial charge is 0.206 e. The van der Waals surface area contributed by atoms with Gasteiger partial charge in [0.05, 0.1) is 4.47 Å². The van der Waals surface area contributed by atoms with E-state index in [1.165, 1.54) is 6.07 Å². The molecule has 1 atom stereocenters. The first kappa shape index (κ1) is 12.3. The number of rotatable bonds is 4. The Labute approximate surface area is 101 Å². The highest BCUT2D eigenvalue weighted by Crippen LogP contribution is 2.22. The van der Waals surface area contributed by atoms with E-state index in [9.17, 15) is 4.39 Å². The fraction of sp³-hybridized carbons (Fsp3) is 0.400. The van der Waals surface area contributed by atoms with E-state index in [1.807, 2.05) is 6.07 Å². The van der Waals surface area contributed by atoms with Crippen LogP contribution in [0, 0.1) is 5.82 Å². The van der Waals surface area contributed by atoms with Crippen LogP contribution in [0.15, 0.2) is 22.7 Å². The van der Waals surface area contributed by atoms with Gasteiger partial charge in [-0.25, -0.2) is 4.39 Å². The summed E-state index contributed by atoms with van der Waals surface area (Å²) in [5, 5.41) is 0.431. The lowest BCUT2D eigenvalue weighted by Crippen LogP contribution is -1.97. The van der Waals surface area contributed by atoms with Crippen LogP contribution in [-0.2, 0) is 5.75 Å². The highest BCUT2D eigenvalue weighted by molar-refractivity contribution is 9.10. The monoisotopic (exact) mass is 296 g/mol. The van der Waals surface area contributed by atoms with Gasteiger partial charge in [0.1, 0.15) is 5.82 Å². The van der Waals surface area contributed by atoms with Crippen LogP contribution in [0.25, 0.3) is 0 Å². The summed E-state index contributed by atoms with van der Waals surface area (Å²) in [6.07, 6.45) is 0. The standard InChI is InChI=1S/C10H11BrClFS/c1-7(5-12)14-6-8-2-3-10(13)9(11)4-8/h2-4,7H,5-6H2,1H3. The second kappa shape index (κ2) is 5.99. The van der Waals surface area contributed by atoms with E-state index in [0.29, 0.717) is 15.6 Å². The lowest BCUT2D eigenvalue weighted by Gasteiger charge is -2.07. The molecule has 4 heteroatoms. The summed E-state index contributed by atoms with van der Waals surface area (Å²) >= 11 is 10.6. The van der Waals surface area contributed by atoms with Gasteiger partial charge in [-0.1, -0.05) is 13.0 Å². The maximum atomic E-state index is 12.9. The van der Waals surface area contributed by atoms with E-state index >= 15 is 0 Å². The van der Waals surface area contributed by atoms with Crippen LogP contribution in [0.2, 0.25) is 0 Å².